The number of anilines is 1. The van der Waals surface area contributed by atoms with Crippen molar-refractivity contribution in [1.29, 1.82) is 0 Å². The molecule has 1 atom stereocenters. The van der Waals surface area contributed by atoms with Crippen molar-refractivity contribution in [2.24, 2.45) is 0 Å². The number of rotatable bonds is 10. The number of carbonyl (C=O) groups excluding carboxylic acids is 2. The molecule has 0 radical (unpaired) electrons. The molecule has 4 aromatic rings. The van der Waals surface area contributed by atoms with E-state index in [0.717, 1.165) is 5.56 Å². The lowest BCUT2D eigenvalue weighted by molar-refractivity contribution is -0.132. The van der Waals surface area contributed by atoms with Crippen molar-refractivity contribution in [1.82, 2.24) is 15.2 Å². The molecule has 2 aromatic heterocycles. The molecular weight excluding hydrogens is 584 g/mol. The first-order valence-electron chi connectivity index (χ1n) is 12.7. The van der Waals surface area contributed by atoms with Crippen LogP contribution in [0.5, 0.6) is 11.5 Å². The molecule has 210 valence electrons. The largest absolute Gasteiger partial charge is 0.507 e. The SMILES string of the molecule is CCOc1ccc(C2/C(=C(\O)c3ccncc3)C(=O)C(=O)N2c2nnc(SCc3ccc(Cl)cc3)s2)cc1OCC. The number of hydrogen-bond acceptors (Lipinski definition) is 10. The van der Waals surface area contributed by atoms with Crippen LogP contribution in [-0.2, 0) is 15.3 Å². The summed E-state index contributed by atoms with van der Waals surface area (Å²) < 4.78 is 12.1. The van der Waals surface area contributed by atoms with E-state index in [1.165, 1.54) is 40.4 Å². The Bertz CT molecular complexity index is 1590. The molecule has 1 aliphatic rings. The van der Waals surface area contributed by atoms with Crippen LogP contribution in [0.15, 0.2) is 76.9 Å². The Morgan fingerprint density at radius 3 is 2.41 bits per heavy atom. The lowest BCUT2D eigenvalue weighted by Crippen LogP contribution is -2.29. The fraction of sp³-hybridized carbons (Fsp3) is 0.207. The number of amides is 1. The van der Waals surface area contributed by atoms with E-state index in [1.54, 1.807) is 30.3 Å². The summed E-state index contributed by atoms with van der Waals surface area (Å²) in [5.74, 6) is -0.359. The highest BCUT2D eigenvalue weighted by Crippen LogP contribution is 2.45. The van der Waals surface area contributed by atoms with Gasteiger partial charge >= 0.3 is 5.91 Å². The molecule has 1 saturated heterocycles. The second kappa shape index (κ2) is 12.7. The van der Waals surface area contributed by atoms with Gasteiger partial charge in [-0.05, 0) is 61.4 Å². The summed E-state index contributed by atoms with van der Waals surface area (Å²) in [6.07, 6.45) is 3.00. The van der Waals surface area contributed by atoms with Crippen LogP contribution < -0.4 is 14.4 Å². The lowest BCUT2D eigenvalue weighted by atomic mass is 9.95. The number of aromatic nitrogens is 3. The van der Waals surface area contributed by atoms with E-state index >= 15 is 0 Å². The number of nitrogens with zero attached hydrogens (tertiary/aromatic N) is 4. The highest BCUT2D eigenvalue weighted by atomic mass is 35.5. The van der Waals surface area contributed by atoms with Crippen LogP contribution in [0.2, 0.25) is 5.02 Å². The Labute approximate surface area is 249 Å². The molecule has 1 unspecified atom stereocenters. The van der Waals surface area contributed by atoms with E-state index in [0.29, 0.717) is 51.0 Å². The van der Waals surface area contributed by atoms with Crippen LogP contribution >= 0.6 is 34.7 Å². The predicted molar refractivity (Wildman–Crippen MR) is 159 cm³/mol. The second-order valence-corrected chi connectivity index (χ2v) is 11.4. The van der Waals surface area contributed by atoms with Crippen LogP contribution in [0.1, 0.15) is 36.6 Å². The number of aliphatic hydroxyl groups excluding tert-OH is 1. The molecule has 12 heteroatoms. The monoisotopic (exact) mass is 608 g/mol. The molecule has 1 N–H and O–H groups in total. The second-order valence-electron chi connectivity index (χ2n) is 8.74. The summed E-state index contributed by atoms with van der Waals surface area (Å²) in [5.41, 5.74) is 1.87. The Morgan fingerprint density at radius 2 is 1.71 bits per heavy atom. The van der Waals surface area contributed by atoms with Crippen LogP contribution in [0.25, 0.3) is 5.76 Å². The van der Waals surface area contributed by atoms with Crippen LogP contribution in [0, 0.1) is 0 Å². The quantitative estimate of drug-likeness (QED) is 0.0728. The first kappa shape index (κ1) is 28.6. The topological polar surface area (TPSA) is 115 Å². The normalized spacial score (nSPS) is 16.3. The molecule has 2 aromatic carbocycles. The van der Waals surface area contributed by atoms with E-state index in [-0.39, 0.29) is 16.5 Å². The number of ether oxygens (including phenoxy) is 2. The van der Waals surface area contributed by atoms with E-state index in [9.17, 15) is 14.7 Å². The zero-order valence-corrected chi connectivity index (χ0v) is 24.5. The van der Waals surface area contributed by atoms with Gasteiger partial charge in [-0.1, -0.05) is 52.9 Å². The van der Waals surface area contributed by atoms with Gasteiger partial charge in [0.05, 0.1) is 24.8 Å². The predicted octanol–water partition coefficient (Wildman–Crippen LogP) is 6.30. The first-order chi connectivity index (χ1) is 19.9. The Morgan fingerprint density at radius 1 is 1.00 bits per heavy atom. The molecule has 0 saturated carbocycles. The molecule has 0 bridgehead atoms. The van der Waals surface area contributed by atoms with Crippen molar-refractivity contribution in [3.8, 4) is 11.5 Å². The Hall–Kier alpha value is -3.93. The van der Waals surface area contributed by atoms with Gasteiger partial charge in [-0.2, -0.15) is 0 Å². The van der Waals surface area contributed by atoms with E-state index in [4.69, 9.17) is 21.1 Å². The minimum absolute atomic E-state index is 0.0709. The van der Waals surface area contributed by atoms with Gasteiger partial charge in [0.15, 0.2) is 15.8 Å². The summed E-state index contributed by atoms with van der Waals surface area (Å²) in [6.45, 7) is 4.53. The number of pyridine rings is 1. The van der Waals surface area contributed by atoms with Crippen molar-refractivity contribution in [2.75, 3.05) is 18.1 Å². The van der Waals surface area contributed by atoms with Crippen molar-refractivity contribution in [3.05, 3.63) is 94.3 Å². The molecule has 5 rings (SSSR count). The molecule has 0 aliphatic carbocycles. The number of carbonyl (C=O) groups is 2. The van der Waals surface area contributed by atoms with Gasteiger partial charge in [-0.3, -0.25) is 19.5 Å². The smallest absolute Gasteiger partial charge is 0.301 e. The molecule has 41 heavy (non-hydrogen) atoms. The van der Waals surface area contributed by atoms with Crippen molar-refractivity contribution in [2.45, 2.75) is 30.0 Å². The number of thioether (sulfide) groups is 1. The number of benzene rings is 2. The van der Waals surface area contributed by atoms with Gasteiger partial charge in [0, 0.05) is 28.7 Å². The maximum absolute atomic E-state index is 13.5. The first-order valence-corrected chi connectivity index (χ1v) is 14.9. The molecule has 1 aliphatic heterocycles. The van der Waals surface area contributed by atoms with Crippen LogP contribution in [-0.4, -0.2) is 45.2 Å². The highest BCUT2D eigenvalue weighted by molar-refractivity contribution is 8.00. The summed E-state index contributed by atoms with van der Waals surface area (Å²) in [7, 11) is 0. The number of ketones is 1. The maximum Gasteiger partial charge on any atom is 0.301 e. The molecule has 0 spiro atoms. The summed E-state index contributed by atoms with van der Waals surface area (Å²) >= 11 is 8.63. The van der Waals surface area contributed by atoms with Gasteiger partial charge in [-0.15, -0.1) is 10.2 Å². The average molecular weight is 609 g/mol. The minimum Gasteiger partial charge on any atom is -0.507 e. The van der Waals surface area contributed by atoms with Crippen molar-refractivity contribution in [3.63, 3.8) is 0 Å². The highest BCUT2D eigenvalue weighted by Gasteiger charge is 2.48. The van der Waals surface area contributed by atoms with E-state index in [2.05, 4.69) is 15.2 Å². The zero-order valence-electron chi connectivity index (χ0n) is 22.1. The lowest BCUT2D eigenvalue weighted by Gasteiger charge is -2.23. The Kier molecular flexibility index (Phi) is 8.87. The zero-order chi connectivity index (χ0) is 28.9. The third-order valence-corrected chi connectivity index (χ3v) is 8.54. The molecule has 1 amide bonds. The van der Waals surface area contributed by atoms with Gasteiger partial charge < -0.3 is 14.6 Å². The fourth-order valence-electron chi connectivity index (χ4n) is 4.33. The molecule has 3 heterocycles. The van der Waals surface area contributed by atoms with E-state index < -0.39 is 17.7 Å². The molecule has 1 fully saturated rings. The van der Waals surface area contributed by atoms with Gasteiger partial charge in [0.25, 0.3) is 5.78 Å². The van der Waals surface area contributed by atoms with Gasteiger partial charge in [0.1, 0.15) is 5.76 Å². The van der Waals surface area contributed by atoms with Crippen molar-refractivity contribution >= 4 is 57.3 Å². The molecule has 9 nitrogen and oxygen atoms in total. The number of halogens is 1. The fourth-order valence-corrected chi connectivity index (χ4v) is 6.28. The number of hydrogen-bond donors (Lipinski definition) is 1. The summed E-state index contributed by atoms with van der Waals surface area (Å²) in [6, 6.07) is 14.8. The number of Topliss-reactive ketones (excluding diaryl/α,β-unsaturated/α-hetero) is 1. The Balaban J connectivity index is 1.57. The maximum atomic E-state index is 13.5. The van der Waals surface area contributed by atoms with Crippen LogP contribution in [0.3, 0.4) is 0 Å². The number of aliphatic hydroxyl groups is 1. The van der Waals surface area contributed by atoms with Gasteiger partial charge in [-0.25, -0.2) is 0 Å². The molecular formula is C29H25ClN4O5S2. The summed E-state index contributed by atoms with van der Waals surface area (Å²) in [4.78, 5) is 32.3. The standard InChI is InChI=1S/C29H25ClN4O5S2/c1-3-38-21-10-7-19(15-22(21)39-4-2)24-23(25(35)18-11-13-31-14-12-18)26(36)27(37)34(24)28-32-33-29(41-28)40-16-17-5-8-20(30)9-6-17/h5-15,24,35H,3-4,16H2,1-2H3/b25-23+. The van der Waals surface area contributed by atoms with E-state index in [1.807, 2.05) is 38.1 Å². The van der Waals surface area contributed by atoms with Gasteiger partial charge in [0.2, 0.25) is 5.13 Å². The average Bonchev–Trinajstić information content (AvgIpc) is 3.56. The van der Waals surface area contributed by atoms with Crippen LogP contribution in [0.4, 0.5) is 5.13 Å². The van der Waals surface area contributed by atoms with Crippen molar-refractivity contribution < 1.29 is 24.2 Å². The third kappa shape index (κ3) is 6.07. The third-order valence-electron chi connectivity index (χ3n) is 6.16. The summed E-state index contributed by atoms with van der Waals surface area (Å²) in [5, 5.41) is 20.7. The minimum atomic E-state index is -0.986.